The van der Waals surface area contributed by atoms with Gasteiger partial charge in [0, 0.05) is 12.6 Å². The first-order valence-electron chi connectivity index (χ1n) is 3.41. The topological polar surface area (TPSA) is 53.2 Å². The van der Waals surface area contributed by atoms with Crippen molar-refractivity contribution in [3.05, 3.63) is 32.6 Å². The normalized spacial score (nSPS) is 9.92. The second-order valence-electron chi connectivity index (χ2n) is 2.47. The fraction of sp³-hybridized carbons (Fsp3) is 0.429. The van der Waals surface area contributed by atoms with Gasteiger partial charge in [0.15, 0.2) is 0 Å². The lowest BCUT2D eigenvalue weighted by Gasteiger charge is -2.05. The SMILES string of the molecule is COn1cc(C)c(=O)n(C)c1=O. The Morgan fingerprint density at radius 3 is 2.50 bits per heavy atom. The maximum absolute atomic E-state index is 11.2. The van der Waals surface area contributed by atoms with Crippen molar-refractivity contribution in [1.82, 2.24) is 9.30 Å². The van der Waals surface area contributed by atoms with E-state index in [-0.39, 0.29) is 5.56 Å². The summed E-state index contributed by atoms with van der Waals surface area (Å²) in [6.45, 7) is 1.62. The van der Waals surface area contributed by atoms with Gasteiger partial charge in [-0.15, -0.1) is 4.73 Å². The van der Waals surface area contributed by atoms with Crippen LogP contribution in [0.15, 0.2) is 15.8 Å². The Kier molecular flexibility index (Phi) is 2.03. The van der Waals surface area contributed by atoms with Crippen molar-refractivity contribution < 1.29 is 4.84 Å². The van der Waals surface area contributed by atoms with E-state index in [9.17, 15) is 9.59 Å². The summed E-state index contributed by atoms with van der Waals surface area (Å²) in [5, 5.41) is 0. The average molecular weight is 170 g/mol. The molecule has 5 heteroatoms. The van der Waals surface area contributed by atoms with Crippen molar-refractivity contribution in [2.75, 3.05) is 7.11 Å². The molecule has 5 nitrogen and oxygen atoms in total. The predicted molar refractivity (Wildman–Crippen MR) is 43.2 cm³/mol. The lowest BCUT2D eigenvalue weighted by molar-refractivity contribution is 0.147. The van der Waals surface area contributed by atoms with Gasteiger partial charge in [-0.1, -0.05) is 0 Å². The zero-order valence-corrected chi connectivity index (χ0v) is 7.20. The molecular formula is C7H10N2O3. The molecule has 0 amide bonds. The maximum atomic E-state index is 11.2. The van der Waals surface area contributed by atoms with Crippen LogP contribution in [0.1, 0.15) is 5.56 Å². The minimum Gasteiger partial charge on any atom is -0.413 e. The van der Waals surface area contributed by atoms with Gasteiger partial charge in [0.05, 0.1) is 6.20 Å². The number of rotatable bonds is 1. The third kappa shape index (κ3) is 1.13. The van der Waals surface area contributed by atoms with Crippen LogP contribution in [0.5, 0.6) is 0 Å². The summed E-state index contributed by atoms with van der Waals surface area (Å²) in [5.41, 5.74) is -0.305. The van der Waals surface area contributed by atoms with Crippen molar-refractivity contribution in [3.8, 4) is 0 Å². The molecule has 0 saturated carbocycles. The summed E-state index contributed by atoms with van der Waals surface area (Å²) < 4.78 is 2.01. The van der Waals surface area contributed by atoms with Crippen molar-refractivity contribution in [2.45, 2.75) is 6.92 Å². The molecule has 1 aromatic rings. The standard InChI is InChI=1S/C7H10N2O3/c1-5-4-9(12-3)7(11)8(2)6(5)10/h4H,1-3H3. The molecule has 0 radical (unpaired) electrons. The van der Waals surface area contributed by atoms with E-state index < -0.39 is 5.69 Å². The third-order valence-corrected chi connectivity index (χ3v) is 1.63. The first kappa shape index (κ1) is 8.58. The van der Waals surface area contributed by atoms with E-state index in [1.165, 1.54) is 20.4 Å². The molecule has 0 N–H and O–H groups in total. The number of hydrogen-bond donors (Lipinski definition) is 0. The Morgan fingerprint density at radius 1 is 1.42 bits per heavy atom. The van der Waals surface area contributed by atoms with Crippen molar-refractivity contribution >= 4 is 0 Å². The van der Waals surface area contributed by atoms with E-state index in [4.69, 9.17) is 4.84 Å². The van der Waals surface area contributed by atoms with Gasteiger partial charge in [-0.2, -0.15) is 0 Å². The molecule has 0 bridgehead atoms. The van der Waals surface area contributed by atoms with Crippen LogP contribution in [0.3, 0.4) is 0 Å². The lowest BCUT2D eigenvalue weighted by Crippen LogP contribution is -2.40. The monoisotopic (exact) mass is 170 g/mol. The molecule has 0 saturated heterocycles. The van der Waals surface area contributed by atoms with Crippen molar-refractivity contribution in [3.63, 3.8) is 0 Å². The summed E-state index contributed by atoms with van der Waals surface area (Å²) in [6.07, 6.45) is 1.37. The Hall–Kier alpha value is -1.52. The van der Waals surface area contributed by atoms with Gasteiger partial charge >= 0.3 is 5.69 Å². The van der Waals surface area contributed by atoms with Gasteiger partial charge in [0.1, 0.15) is 7.11 Å². The van der Waals surface area contributed by atoms with Gasteiger partial charge in [-0.3, -0.25) is 9.36 Å². The summed E-state index contributed by atoms with van der Waals surface area (Å²) >= 11 is 0. The van der Waals surface area contributed by atoms with Crippen LogP contribution >= 0.6 is 0 Å². The van der Waals surface area contributed by atoms with E-state index in [0.717, 1.165) is 9.30 Å². The predicted octanol–water partition coefficient (Wildman–Crippen LogP) is -1.09. The Bertz CT molecular complexity index is 402. The van der Waals surface area contributed by atoms with Gasteiger partial charge in [0.25, 0.3) is 5.56 Å². The van der Waals surface area contributed by atoms with Gasteiger partial charge in [0.2, 0.25) is 0 Å². The minimum absolute atomic E-state index is 0.298. The van der Waals surface area contributed by atoms with Crippen LogP contribution in [0.4, 0.5) is 0 Å². The molecule has 0 spiro atoms. The molecule has 0 aliphatic rings. The first-order chi connectivity index (χ1) is 5.57. The first-order valence-corrected chi connectivity index (χ1v) is 3.41. The van der Waals surface area contributed by atoms with E-state index in [1.807, 2.05) is 0 Å². The highest BCUT2D eigenvalue weighted by atomic mass is 16.6. The van der Waals surface area contributed by atoms with Crippen LogP contribution in [0.25, 0.3) is 0 Å². The van der Waals surface area contributed by atoms with Crippen molar-refractivity contribution in [1.29, 1.82) is 0 Å². The molecule has 1 rings (SSSR count). The molecule has 0 aliphatic heterocycles. The zero-order chi connectivity index (χ0) is 9.30. The average Bonchev–Trinajstić information content (AvgIpc) is 2.08. The fourth-order valence-corrected chi connectivity index (χ4v) is 0.916. The van der Waals surface area contributed by atoms with Crippen LogP contribution in [0.2, 0.25) is 0 Å². The molecule has 0 unspecified atom stereocenters. The molecule has 1 aromatic heterocycles. The van der Waals surface area contributed by atoms with Crippen LogP contribution in [-0.2, 0) is 7.05 Å². The second kappa shape index (κ2) is 2.84. The number of aryl methyl sites for hydroxylation is 1. The Labute approximate surface area is 68.8 Å². The number of aromatic nitrogens is 2. The van der Waals surface area contributed by atoms with Crippen LogP contribution in [0, 0.1) is 6.92 Å². The summed E-state index contributed by atoms with van der Waals surface area (Å²) in [4.78, 5) is 27.0. The zero-order valence-electron chi connectivity index (χ0n) is 7.20. The van der Waals surface area contributed by atoms with E-state index >= 15 is 0 Å². The largest absolute Gasteiger partial charge is 0.413 e. The van der Waals surface area contributed by atoms with Gasteiger partial charge in [-0.25, -0.2) is 4.79 Å². The summed E-state index contributed by atoms with van der Waals surface area (Å²) in [6, 6.07) is 0. The second-order valence-corrected chi connectivity index (χ2v) is 2.47. The van der Waals surface area contributed by atoms with Crippen molar-refractivity contribution in [2.24, 2.45) is 7.05 Å². The molecule has 66 valence electrons. The quantitative estimate of drug-likeness (QED) is 0.538. The van der Waals surface area contributed by atoms with E-state index in [0.29, 0.717) is 5.56 Å². The molecule has 0 fully saturated rings. The van der Waals surface area contributed by atoms with Gasteiger partial charge in [-0.05, 0) is 6.92 Å². The summed E-state index contributed by atoms with van der Waals surface area (Å²) in [7, 11) is 2.78. The fourth-order valence-electron chi connectivity index (χ4n) is 0.916. The highest BCUT2D eigenvalue weighted by Crippen LogP contribution is 1.81. The molecule has 12 heavy (non-hydrogen) atoms. The molecular weight excluding hydrogens is 160 g/mol. The smallest absolute Gasteiger partial charge is 0.363 e. The summed E-state index contributed by atoms with van der Waals surface area (Å²) in [5.74, 6) is 0. The Balaban J connectivity index is 3.61. The van der Waals surface area contributed by atoms with E-state index in [1.54, 1.807) is 6.92 Å². The minimum atomic E-state index is -0.479. The van der Waals surface area contributed by atoms with Crippen LogP contribution < -0.4 is 16.1 Å². The number of nitrogens with zero attached hydrogens (tertiary/aromatic N) is 2. The van der Waals surface area contributed by atoms with Gasteiger partial charge < -0.3 is 4.84 Å². The highest BCUT2D eigenvalue weighted by molar-refractivity contribution is 5.01. The Morgan fingerprint density at radius 2 is 2.00 bits per heavy atom. The molecule has 0 aromatic carbocycles. The molecule has 0 aliphatic carbocycles. The molecule has 0 atom stereocenters. The molecule has 1 heterocycles. The van der Waals surface area contributed by atoms with E-state index in [2.05, 4.69) is 0 Å². The number of hydrogen-bond acceptors (Lipinski definition) is 3. The third-order valence-electron chi connectivity index (χ3n) is 1.63. The lowest BCUT2D eigenvalue weighted by atomic mass is 10.4. The maximum Gasteiger partial charge on any atom is 0.363 e. The highest BCUT2D eigenvalue weighted by Gasteiger charge is 2.03. The van der Waals surface area contributed by atoms with Crippen LogP contribution in [-0.4, -0.2) is 16.4 Å².